The Labute approximate surface area is 158 Å². The van der Waals surface area contributed by atoms with Crippen LogP contribution in [0.25, 0.3) is 0 Å². The zero-order chi connectivity index (χ0) is 17.9. The van der Waals surface area contributed by atoms with Crippen molar-refractivity contribution in [2.75, 3.05) is 6.67 Å². The molecule has 2 aromatic rings. The summed E-state index contributed by atoms with van der Waals surface area (Å²) >= 11 is 4.69. The number of benzene rings is 1. The fourth-order valence-electron chi connectivity index (χ4n) is 2.70. The number of hydrogen-bond acceptors (Lipinski definition) is 4. The van der Waals surface area contributed by atoms with Crippen molar-refractivity contribution >= 4 is 38.8 Å². The van der Waals surface area contributed by atoms with Gasteiger partial charge in [-0.3, -0.25) is 9.78 Å². The van der Waals surface area contributed by atoms with E-state index in [2.05, 4.69) is 31.2 Å². The second-order valence-corrected chi connectivity index (χ2v) is 8.17. The molecule has 0 aliphatic carbocycles. The van der Waals surface area contributed by atoms with Crippen molar-refractivity contribution in [2.45, 2.75) is 24.1 Å². The second kappa shape index (κ2) is 7.66. The monoisotopic (exact) mass is 421 g/mol. The smallest absolute Gasteiger partial charge is 0.257 e. The lowest BCUT2D eigenvalue weighted by atomic mass is 9.92. The second-order valence-electron chi connectivity index (χ2n) is 5.97. The van der Waals surface area contributed by atoms with E-state index in [0.29, 0.717) is 17.2 Å². The minimum absolute atomic E-state index is 0.254. The van der Waals surface area contributed by atoms with Crippen LogP contribution in [-0.2, 0) is 5.54 Å². The Morgan fingerprint density at radius 1 is 1.40 bits per heavy atom. The van der Waals surface area contributed by atoms with Crippen LogP contribution in [0.5, 0.6) is 0 Å². The first-order chi connectivity index (χ1) is 12.0. The highest BCUT2D eigenvalue weighted by atomic mass is 79.9. The van der Waals surface area contributed by atoms with Gasteiger partial charge in [0.2, 0.25) is 0 Å². The highest BCUT2D eigenvalue weighted by Crippen LogP contribution is 2.39. The number of rotatable bonds is 3. The standard InChI is InChI=1S/C18H17BrFN3OS/c1-18(15-9-13(19)7-8-21-15)10-14(11-20)25-17(23-18)22-16(24)12-5-3-2-4-6-12/h2-9,14H,10-11H2,1H3,(H,22,23,24)/t14-,18-/m0/s1. The molecule has 0 unspecified atom stereocenters. The third-order valence-corrected chi connectivity index (χ3v) is 5.49. The van der Waals surface area contributed by atoms with Crippen LogP contribution in [-0.4, -0.2) is 28.0 Å². The Morgan fingerprint density at radius 2 is 2.16 bits per heavy atom. The minimum Gasteiger partial charge on any atom is -0.301 e. The fraction of sp³-hybridized carbons (Fsp3) is 0.278. The predicted molar refractivity (Wildman–Crippen MR) is 103 cm³/mol. The van der Waals surface area contributed by atoms with E-state index in [1.165, 1.54) is 11.8 Å². The summed E-state index contributed by atoms with van der Waals surface area (Å²) in [5, 5.41) is 2.95. The summed E-state index contributed by atoms with van der Waals surface area (Å²) in [6.45, 7) is 1.42. The van der Waals surface area contributed by atoms with E-state index in [1.54, 1.807) is 30.5 Å². The van der Waals surface area contributed by atoms with E-state index in [0.717, 1.165) is 10.2 Å². The number of aliphatic imine (C=N–C) groups is 1. The van der Waals surface area contributed by atoms with Crippen LogP contribution in [0.3, 0.4) is 0 Å². The number of alkyl halides is 1. The quantitative estimate of drug-likeness (QED) is 0.802. The maximum absolute atomic E-state index is 13.4. The molecule has 0 spiro atoms. The van der Waals surface area contributed by atoms with Crippen molar-refractivity contribution in [3.8, 4) is 0 Å². The summed E-state index contributed by atoms with van der Waals surface area (Å²) < 4.78 is 14.3. The lowest BCUT2D eigenvalue weighted by Gasteiger charge is -2.33. The van der Waals surface area contributed by atoms with Crippen molar-refractivity contribution in [3.63, 3.8) is 0 Å². The van der Waals surface area contributed by atoms with Gasteiger partial charge in [0.05, 0.1) is 5.69 Å². The molecule has 3 rings (SSSR count). The molecule has 7 heteroatoms. The van der Waals surface area contributed by atoms with Crippen LogP contribution in [0, 0.1) is 0 Å². The van der Waals surface area contributed by atoms with E-state index in [4.69, 9.17) is 0 Å². The molecular formula is C18H17BrFN3OS. The van der Waals surface area contributed by atoms with E-state index >= 15 is 0 Å². The van der Waals surface area contributed by atoms with Gasteiger partial charge in [0.1, 0.15) is 12.2 Å². The number of carbonyl (C=O) groups is 1. The molecule has 1 aromatic heterocycles. The molecule has 1 aliphatic rings. The SMILES string of the molecule is C[C@@]1(c2cc(Br)ccn2)C[C@@H](CF)SC(NC(=O)c2ccccc2)=N1. The minimum atomic E-state index is -0.689. The maximum atomic E-state index is 13.4. The Balaban J connectivity index is 1.89. The molecule has 0 saturated heterocycles. The summed E-state index contributed by atoms with van der Waals surface area (Å²) in [5.74, 6) is -0.254. The first-order valence-corrected chi connectivity index (χ1v) is 9.48. The Bertz CT molecular complexity index is 802. The topological polar surface area (TPSA) is 54.4 Å². The number of nitrogens with one attached hydrogen (secondary N) is 1. The highest BCUT2D eigenvalue weighted by molar-refractivity contribution is 9.10. The number of nitrogens with zero attached hydrogens (tertiary/aromatic N) is 2. The molecule has 1 aromatic carbocycles. The molecule has 0 radical (unpaired) electrons. The van der Waals surface area contributed by atoms with E-state index in [1.807, 2.05) is 25.1 Å². The lowest BCUT2D eigenvalue weighted by Crippen LogP contribution is -2.39. The van der Waals surface area contributed by atoms with E-state index < -0.39 is 12.2 Å². The number of carbonyl (C=O) groups excluding carboxylic acids is 1. The van der Waals surface area contributed by atoms with Gasteiger partial charge in [-0.05, 0) is 37.6 Å². The molecule has 130 valence electrons. The van der Waals surface area contributed by atoms with Crippen molar-refractivity contribution < 1.29 is 9.18 Å². The lowest BCUT2D eigenvalue weighted by molar-refractivity contribution is 0.0977. The van der Waals surface area contributed by atoms with Crippen LogP contribution in [0.2, 0.25) is 0 Å². The number of amidine groups is 1. The zero-order valence-corrected chi connectivity index (χ0v) is 16.0. The van der Waals surface area contributed by atoms with Gasteiger partial charge in [-0.1, -0.05) is 45.9 Å². The summed E-state index contributed by atoms with van der Waals surface area (Å²) in [6.07, 6.45) is 2.21. The number of aromatic nitrogens is 1. The first kappa shape index (κ1) is 18.1. The van der Waals surface area contributed by atoms with Gasteiger partial charge in [0, 0.05) is 21.5 Å². The Morgan fingerprint density at radius 3 is 2.84 bits per heavy atom. The number of thioether (sulfide) groups is 1. The summed E-state index contributed by atoms with van der Waals surface area (Å²) in [7, 11) is 0. The summed E-state index contributed by atoms with van der Waals surface area (Å²) in [6, 6.07) is 12.6. The van der Waals surface area contributed by atoms with Crippen molar-refractivity contribution in [1.82, 2.24) is 10.3 Å². The van der Waals surface area contributed by atoms with Crippen molar-refractivity contribution in [1.29, 1.82) is 0 Å². The number of hydrogen-bond donors (Lipinski definition) is 1. The molecule has 0 fully saturated rings. The number of amides is 1. The number of pyridine rings is 1. The molecule has 1 N–H and O–H groups in total. The molecule has 0 bridgehead atoms. The molecule has 25 heavy (non-hydrogen) atoms. The van der Waals surface area contributed by atoms with Gasteiger partial charge in [0.25, 0.3) is 5.91 Å². The molecule has 0 saturated carbocycles. The third-order valence-electron chi connectivity index (χ3n) is 3.95. The number of halogens is 2. The average Bonchev–Trinajstić information content (AvgIpc) is 2.62. The normalized spacial score (nSPS) is 23.0. The molecule has 2 heterocycles. The van der Waals surface area contributed by atoms with E-state index in [-0.39, 0.29) is 11.2 Å². The Hall–Kier alpha value is -1.73. The molecule has 2 atom stereocenters. The highest BCUT2D eigenvalue weighted by Gasteiger charge is 2.37. The van der Waals surface area contributed by atoms with Crippen molar-refractivity contribution in [3.05, 3.63) is 64.4 Å². The molecular weight excluding hydrogens is 405 g/mol. The largest absolute Gasteiger partial charge is 0.301 e. The fourth-order valence-corrected chi connectivity index (χ4v) is 4.23. The summed E-state index contributed by atoms with van der Waals surface area (Å²) in [5.41, 5.74) is 0.591. The van der Waals surface area contributed by atoms with Crippen LogP contribution in [0.1, 0.15) is 29.4 Å². The van der Waals surface area contributed by atoms with Crippen LogP contribution in [0.15, 0.2) is 58.1 Å². The van der Waals surface area contributed by atoms with Gasteiger partial charge in [-0.15, -0.1) is 0 Å². The third kappa shape index (κ3) is 4.27. The average molecular weight is 422 g/mol. The van der Waals surface area contributed by atoms with Gasteiger partial charge in [0.15, 0.2) is 5.17 Å². The van der Waals surface area contributed by atoms with E-state index in [9.17, 15) is 9.18 Å². The molecule has 1 amide bonds. The Kier molecular flexibility index (Phi) is 5.54. The summed E-state index contributed by atoms with van der Waals surface area (Å²) in [4.78, 5) is 21.5. The van der Waals surface area contributed by atoms with Crippen LogP contribution >= 0.6 is 27.7 Å². The van der Waals surface area contributed by atoms with Gasteiger partial charge in [-0.2, -0.15) is 0 Å². The van der Waals surface area contributed by atoms with Gasteiger partial charge in [-0.25, -0.2) is 9.38 Å². The first-order valence-electron chi connectivity index (χ1n) is 7.81. The van der Waals surface area contributed by atoms with Gasteiger partial charge >= 0.3 is 0 Å². The molecule has 1 aliphatic heterocycles. The van der Waals surface area contributed by atoms with Crippen LogP contribution < -0.4 is 5.32 Å². The van der Waals surface area contributed by atoms with Crippen molar-refractivity contribution in [2.24, 2.45) is 4.99 Å². The van der Waals surface area contributed by atoms with Crippen LogP contribution in [0.4, 0.5) is 4.39 Å². The zero-order valence-electron chi connectivity index (χ0n) is 13.6. The van der Waals surface area contributed by atoms with Gasteiger partial charge < -0.3 is 5.32 Å². The molecule has 4 nitrogen and oxygen atoms in total. The maximum Gasteiger partial charge on any atom is 0.257 e. The predicted octanol–water partition coefficient (Wildman–Crippen LogP) is 4.32.